The number of nitrogens with zero attached hydrogens (tertiary/aromatic N) is 2. The number of halogens is 1. The van der Waals surface area contributed by atoms with Crippen molar-refractivity contribution in [3.8, 4) is 40.2 Å². The van der Waals surface area contributed by atoms with Crippen LogP contribution in [0.3, 0.4) is 0 Å². The summed E-state index contributed by atoms with van der Waals surface area (Å²) in [4.78, 5) is 71.9. The number of ketones is 3. The zero-order valence-corrected chi connectivity index (χ0v) is 38.7. The summed E-state index contributed by atoms with van der Waals surface area (Å²) in [5.74, 6) is -2.26. The fourth-order valence-corrected chi connectivity index (χ4v) is 8.28. The van der Waals surface area contributed by atoms with Gasteiger partial charge in [-0.25, -0.2) is 0 Å². The molecule has 1 heterocycles. The van der Waals surface area contributed by atoms with Gasteiger partial charge in [-0.1, -0.05) is 56.1 Å². The molecule has 4 atom stereocenters. The maximum atomic E-state index is 14.7. The van der Waals surface area contributed by atoms with Crippen molar-refractivity contribution in [2.45, 2.75) is 83.7 Å². The van der Waals surface area contributed by atoms with E-state index in [1.807, 2.05) is 36.4 Å². The predicted octanol–water partition coefficient (Wildman–Crippen LogP) is 7.06. The Labute approximate surface area is 392 Å². The van der Waals surface area contributed by atoms with Crippen molar-refractivity contribution < 1.29 is 38.2 Å². The molecule has 0 fully saturated rings. The van der Waals surface area contributed by atoms with Gasteiger partial charge in [-0.3, -0.25) is 24.0 Å². The van der Waals surface area contributed by atoms with Crippen LogP contribution in [0.5, 0.6) is 23.0 Å². The smallest absolute Gasteiger partial charge is 0.226 e. The molecular formula is C51H61ClN6O8. The van der Waals surface area contributed by atoms with Gasteiger partial charge in [0, 0.05) is 80.4 Å². The summed E-state index contributed by atoms with van der Waals surface area (Å²) in [6.45, 7) is 4.54. The van der Waals surface area contributed by atoms with E-state index in [-0.39, 0.29) is 87.7 Å². The maximum Gasteiger partial charge on any atom is 0.226 e. The molecule has 4 aromatic carbocycles. The van der Waals surface area contributed by atoms with Gasteiger partial charge in [0.25, 0.3) is 0 Å². The largest absolute Gasteiger partial charge is 0.492 e. The highest BCUT2D eigenvalue weighted by Gasteiger charge is 2.36. The highest BCUT2D eigenvalue weighted by molar-refractivity contribution is 6.34. The molecule has 14 nitrogen and oxygen atoms in total. The van der Waals surface area contributed by atoms with E-state index in [0.717, 1.165) is 19.3 Å². The van der Waals surface area contributed by atoms with Crippen LogP contribution in [0, 0.1) is 23.2 Å². The molecule has 4 bridgehead atoms. The summed E-state index contributed by atoms with van der Waals surface area (Å²) in [5, 5.41) is 12.2. The van der Waals surface area contributed by atoms with Crippen LogP contribution in [0.25, 0.3) is 11.1 Å². The van der Waals surface area contributed by atoms with Crippen molar-refractivity contribution >= 4 is 40.8 Å². The summed E-state index contributed by atoms with van der Waals surface area (Å²) in [6, 6.07) is 22.8. The fourth-order valence-electron chi connectivity index (χ4n) is 8.00. The number of nitrogens with one attached hydrogen (secondary N) is 1. The number of aryl methyl sites for hydroxylation is 1. The lowest BCUT2D eigenvalue weighted by Gasteiger charge is -2.32. The number of fused-ring (bicyclic) bond motifs is 5. The molecular weight excluding hydrogens is 860 g/mol. The third-order valence-electron chi connectivity index (χ3n) is 11.5. The number of benzene rings is 4. The number of nitriles is 1. The van der Waals surface area contributed by atoms with Gasteiger partial charge in [-0.15, -0.1) is 0 Å². The Balaban J connectivity index is 1.51. The Hall–Kier alpha value is -6.11. The number of likely N-dealkylation sites (N-methyl/N-ethyl adjacent to an activating group) is 1. The second kappa shape index (κ2) is 25.0. The van der Waals surface area contributed by atoms with E-state index in [9.17, 15) is 29.2 Å². The Morgan fingerprint density at radius 1 is 0.879 bits per heavy atom. The van der Waals surface area contributed by atoms with Crippen LogP contribution >= 0.6 is 11.6 Å². The molecule has 0 aliphatic carbocycles. The topological polar surface area (TPSA) is 230 Å². The summed E-state index contributed by atoms with van der Waals surface area (Å²) in [5.41, 5.74) is 21.3. The Morgan fingerprint density at radius 3 is 2.18 bits per heavy atom. The third kappa shape index (κ3) is 13.5. The summed E-state index contributed by atoms with van der Waals surface area (Å²) >= 11 is 6.68. The van der Waals surface area contributed by atoms with Crippen LogP contribution in [0.4, 0.5) is 0 Å². The second-order valence-corrected chi connectivity index (χ2v) is 17.0. The van der Waals surface area contributed by atoms with Gasteiger partial charge in [-0.2, -0.15) is 5.26 Å². The minimum absolute atomic E-state index is 0.0350. The summed E-state index contributed by atoms with van der Waals surface area (Å²) in [6.07, 6.45) is 2.71. The number of unbranched alkanes of at least 4 members (excludes halogenated alkanes) is 1. The molecule has 5 rings (SSSR count). The highest BCUT2D eigenvalue weighted by Crippen LogP contribution is 2.41. The number of rotatable bonds is 21. The van der Waals surface area contributed by atoms with E-state index in [0.29, 0.717) is 45.3 Å². The van der Waals surface area contributed by atoms with Crippen molar-refractivity contribution in [2.24, 2.45) is 29.0 Å². The van der Waals surface area contributed by atoms with Crippen LogP contribution in [-0.2, 0) is 32.0 Å². The number of nitrogens with two attached hydrogens (primary N) is 3. The van der Waals surface area contributed by atoms with E-state index in [2.05, 4.69) is 12.2 Å². The molecule has 1 aliphatic rings. The van der Waals surface area contributed by atoms with Crippen LogP contribution in [-0.4, -0.2) is 80.0 Å². The Bertz CT molecular complexity index is 2380. The van der Waals surface area contributed by atoms with Crippen LogP contribution < -0.4 is 36.7 Å². The van der Waals surface area contributed by atoms with Crippen LogP contribution in [0.1, 0.15) is 91.9 Å². The lowest BCUT2D eigenvalue weighted by molar-refractivity contribution is -0.142. The Morgan fingerprint density at radius 2 is 1.55 bits per heavy atom. The minimum atomic E-state index is -1.25. The molecule has 0 spiro atoms. The number of hydrogen-bond donors (Lipinski definition) is 4. The van der Waals surface area contributed by atoms with Gasteiger partial charge < -0.3 is 41.6 Å². The average Bonchev–Trinajstić information content (AvgIpc) is 3.31. The molecule has 1 aliphatic heterocycles. The van der Waals surface area contributed by atoms with E-state index in [1.54, 1.807) is 55.5 Å². The second-order valence-electron chi connectivity index (χ2n) is 16.6. The third-order valence-corrected chi connectivity index (χ3v) is 11.9. The van der Waals surface area contributed by atoms with Gasteiger partial charge in [-0.05, 0) is 97.4 Å². The SMILES string of the molecule is CCCCc1ccc(Oc2ccc(C(=O)C[C@@H](CCN)C(=O)N(C)[C@@H]3C(=O)C[C@@H](C)C(=O)N[C@H](C(=O)CCC#N)Cc4ccc(OCCN)c(c4)-c4cc3ccc4OCCN)c(Cl)c2)cc1. The first-order chi connectivity index (χ1) is 31.8. The first-order valence-electron chi connectivity index (χ1n) is 22.5. The number of amides is 2. The van der Waals surface area contributed by atoms with Gasteiger partial charge in [0.1, 0.15) is 42.3 Å². The zero-order valence-electron chi connectivity index (χ0n) is 38.0. The van der Waals surface area contributed by atoms with Crippen molar-refractivity contribution in [3.63, 3.8) is 0 Å². The first kappa shape index (κ1) is 50.9. The van der Waals surface area contributed by atoms with E-state index < -0.39 is 47.3 Å². The molecule has 7 N–H and O–H groups in total. The molecule has 2 amide bonds. The number of carbonyl (C=O) groups is 5. The molecule has 0 saturated carbocycles. The molecule has 66 heavy (non-hydrogen) atoms. The number of ether oxygens (including phenoxy) is 3. The molecule has 0 unspecified atom stereocenters. The van der Waals surface area contributed by atoms with E-state index in [4.69, 9.17) is 43.0 Å². The van der Waals surface area contributed by atoms with Gasteiger partial charge in [0.05, 0.1) is 17.1 Å². The lowest BCUT2D eigenvalue weighted by Crippen LogP contribution is -2.46. The Kier molecular flexibility index (Phi) is 19.3. The summed E-state index contributed by atoms with van der Waals surface area (Å²) in [7, 11) is 1.49. The van der Waals surface area contributed by atoms with Gasteiger partial charge in [0.2, 0.25) is 11.8 Å². The predicted molar refractivity (Wildman–Crippen MR) is 253 cm³/mol. The minimum Gasteiger partial charge on any atom is -0.492 e. The van der Waals surface area contributed by atoms with E-state index in [1.165, 1.54) is 17.5 Å². The number of Topliss-reactive ketones (excluding diaryl/α,β-unsaturated/α-hetero) is 3. The molecule has 15 heteroatoms. The van der Waals surface area contributed by atoms with Crippen LogP contribution in [0.2, 0.25) is 5.02 Å². The number of carbonyl (C=O) groups excluding carboxylic acids is 5. The van der Waals surface area contributed by atoms with Crippen molar-refractivity contribution in [1.82, 2.24) is 10.2 Å². The molecule has 0 radical (unpaired) electrons. The molecule has 0 saturated heterocycles. The number of hydrogen-bond acceptors (Lipinski definition) is 12. The standard InChI is InChI=1S/C51H61ClN6O8/c1-4-5-7-33-9-13-37(14-10-33)66-38-15-16-39(42(52)31-38)45(60)30-36(19-21-54)51(63)58(3)49-35-12-18-48(65-25-23-56)41(29-35)40-27-34(11-17-47(40)64-24-22-55)28-43(44(59)8-6-20-53)57-50(62)32(2)26-46(49)61/h9-18,27,29,31-32,36,43,49H,4-8,19,21-26,28,30,54-56H2,1-3H3,(H,57,62)/t32-,36-,43+,49+/m1/s1. The average molecular weight is 922 g/mol. The van der Waals surface area contributed by atoms with Crippen molar-refractivity contribution in [1.29, 1.82) is 5.26 Å². The molecule has 0 aromatic heterocycles. The van der Waals surface area contributed by atoms with Crippen molar-refractivity contribution in [2.75, 3.05) is 39.9 Å². The monoisotopic (exact) mass is 920 g/mol. The normalized spacial score (nSPS) is 16.5. The quantitative estimate of drug-likeness (QED) is 0.0616. The van der Waals surface area contributed by atoms with Crippen LogP contribution in [0.15, 0.2) is 78.9 Å². The highest BCUT2D eigenvalue weighted by atomic mass is 35.5. The van der Waals surface area contributed by atoms with Crippen molar-refractivity contribution in [3.05, 3.63) is 106 Å². The molecule has 350 valence electrons. The van der Waals surface area contributed by atoms with E-state index >= 15 is 0 Å². The first-order valence-corrected chi connectivity index (χ1v) is 22.9. The summed E-state index contributed by atoms with van der Waals surface area (Å²) < 4.78 is 18.3. The fraction of sp³-hybridized carbons (Fsp3) is 0.412. The maximum absolute atomic E-state index is 14.7. The zero-order chi connectivity index (χ0) is 47.8. The van der Waals surface area contributed by atoms with Gasteiger partial charge >= 0.3 is 0 Å². The molecule has 4 aromatic rings. The lowest BCUT2D eigenvalue weighted by atomic mass is 9.88. The van der Waals surface area contributed by atoms with Gasteiger partial charge in [0.15, 0.2) is 17.3 Å².